The Hall–Kier alpha value is -3.32. The van der Waals surface area contributed by atoms with Crippen molar-refractivity contribution < 1.29 is 14.0 Å². The van der Waals surface area contributed by atoms with Crippen molar-refractivity contribution in [2.75, 3.05) is 5.32 Å². The summed E-state index contributed by atoms with van der Waals surface area (Å²) in [6.45, 7) is 3.74. The lowest BCUT2D eigenvalue weighted by Crippen LogP contribution is -2.37. The van der Waals surface area contributed by atoms with E-state index in [1.165, 1.54) is 0 Å². The topological polar surface area (TPSA) is 79.0 Å². The van der Waals surface area contributed by atoms with Crippen molar-refractivity contribution in [3.05, 3.63) is 82.7 Å². The van der Waals surface area contributed by atoms with E-state index in [2.05, 4.69) is 10.6 Å². The van der Waals surface area contributed by atoms with Crippen LogP contribution >= 0.6 is 11.8 Å². The smallest absolute Gasteiger partial charge is 0.325 e. The van der Waals surface area contributed by atoms with E-state index in [1.54, 1.807) is 11.6 Å². The Morgan fingerprint density at radius 3 is 2.55 bits per heavy atom. The number of carbonyl (C=O) groups is 1. The van der Waals surface area contributed by atoms with Crippen LogP contribution in [-0.4, -0.2) is 16.4 Å². The van der Waals surface area contributed by atoms with Gasteiger partial charge in [0.2, 0.25) is 11.6 Å². The van der Waals surface area contributed by atoms with Gasteiger partial charge in [-0.3, -0.25) is 9.32 Å². The van der Waals surface area contributed by atoms with Crippen LogP contribution in [0.4, 0.5) is 5.69 Å². The molecule has 3 aromatic carbocycles. The van der Waals surface area contributed by atoms with Crippen LogP contribution < -0.4 is 15.6 Å². The number of anilines is 1. The average Bonchev–Trinajstić information content (AvgIpc) is 3.08. The first-order valence-corrected chi connectivity index (χ1v) is 10.1. The van der Waals surface area contributed by atoms with Crippen LogP contribution in [-0.2, 0) is 4.79 Å². The summed E-state index contributed by atoms with van der Waals surface area (Å²) in [5.74, 6) is -0.193. The molecule has 0 spiro atoms. The second-order valence-electron chi connectivity index (χ2n) is 6.77. The molecular formula is C22H20N3O3S+. The number of carbonyl (C=O) groups excluding carboxylic acids is 1. The molecule has 0 aliphatic carbocycles. The maximum Gasteiger partial charge on any atom is 0.442 e. The molecule has 0 fully saturated rings. The minimum absolute atomic E-state index is 0.193. The number of fused-ring (bicyclic) bond motifs is 1. The molecular weight excluding hydrogens is 386 g/mol. The van der Waals surface area contributed by atoms with Crippen molar-refractivity contribution in [3.8, 4) is 5.69 Å². The third kappa shape index (κ3) is 4.09. The molecule has 0 aliphatic rings. The first-order valence-electron chi connectivity index (χ1n) is 9.18. The van der Waals surface area contributed by atoms with Gasteiger partial charge in [0.1, 0.15) is 0 Å². The molecule has 1 atom stereocenters. The van der Waals surface area contributed by atoms with Crippen LogP contribution in [0.5, 0.6) is 0 Å². The SMILES string of the molecule is Cc1ccc(-[n+]2[nH]oc(=O)c2SC(C)C(=O)Nc2ccc3ccccc3c2)cc1. The highest BCUT2D eigenvalue weighted by Gasteiger charge is 2.29. The highest BCUT2D eigenvalue weighted by molar-refractivity contribution is 8.00. The van der Waals surface area contributed by atoms with Crippen LogP contribution in [0.15, 0.2) is 81.1 Å². The van der Waals surface area contributed by atoms with E-state index in [0.717, 1.165) is 33.8 Å². The molecule has 4 aromatic rings. The van der Waals surface area contributed by atoms with Crippen LogP contribution in [0.3, 0.4) is 0 Å². The van der Waals surface area contributed by atoms with Gasteiger partial charge in [0.25, 0.3) is 0 Å². The van der Waals surface area contributed by atoms with Gasteiger partial charge in [0.15, 0.2) is 0 Å². The Balaban J connectivity index is 1.52. The molecule has 1 aromatic heterocycles. The molecule has 0 saturated carbocycles. The van der Waals surface area contributed by atoms with Crippen LogP contribution in [0.2, 0.25) is 0 Å². The standard InChI is InChI=1S/C22H19N3O3S/c1-14-7-11-19(12-8-14)25-21(22(27)28-24-25)29-15(2)20(26)23-18-10-9-16-5-3-4-6-17(16)13-18/h3-13,15H,1-2H3,(H-,23,24,26,27)/p+1. The van der Waals surface area contributed by atoms with E-state index >= 15 is 0 Å². The second kappa shape index (κ2) is 7.97. The molecule has 146 valence electrons. The lowest BCUT2D eigenvalue weighted by atomic mass is 10.1. The predicted molar refractivity (Wildman–Crippen MR) is 113 cm³/mol. The lowest BCUT2D eigenvalue weighted by Gasteiger charge is -2.10. The number of rotatable bonds is 5. The Labute approximate surface area is 171 Å². The predicted octanol–water partition coefficient (Wildman–Crippen LogP) is 3.83. The zero-order valence-corrected chi connectivity index (χ0v) is 16.8. The van der Waals surface area contributed by atoms with Crippen LogP contribution in [0, 0.1) is 6.92 Å². The van der Waals surface area contributed by atoms with Crippen molar-refractivity contribution in [1.29, 1.82) is 0 Å². The average molecular weight is 406 g/mol. The van der Waals surface area contributed by atoms with Gasteiger partial charge in [-0.1, -0.05) is 48.0 Å². The Kier molecular flexibility index (Phi) is 5.22. The maximum atomic E-state index is 12.7. The minimum atomic E-state index is -0.513. The van der Waals surface area contributed by atoms with Gasteiger partial charge in [-0.15, -0.1) is 0 Å². The highest BCUT2D eigenvalue weighted by atomic mass is 32.2. The Bertz CT molecular complexity index is 1230. The van der Waals surface area contributed by atoms with Gasteiger partial charge >= 0.3 is 10.7 Å². The second-order valence-corrected chi connectivity index (χ2v) is 8.10. The molecule has 0 radical (unpaired) electrons. The third-order valence-electron chi connectivity index (χ3n) is 4.57. The van der Waals surface area contributed by atoms with Crippen molar-refractivity contribution in [2.24, 2.45) is 0 Å². The zero-order valence-electron chi connectivity index (χ0n) is 16.0. The van der Waals surface area contributed by atoms with Crippen molar-refractivity contribution in [3.63, 3.8) is 0 Å². The fourth-order valence-corrected chi connectivity index (χ4v) is 3.85. The molecule has 29 heavy (non-hydrogen) atoms. The van der Waals surface area contributed by atoms with E-state index in [0.29, 0.717) is 10.7 Å². The Morgan fingerprint density at radius 2 is 1.79 bits per heavy atom. The van der Waals surface area contributed by atoms with Gasteiger partial charge in [0, 0.05) is 17.8 Å². The first-order chi connectivity index (χ1) is 14.0. The van der Waals surface area contributed by atoms with Gasteiger partial charge in [-0.25, -0.2) is 4.79 Å². The van der Waals surface area contributed by atoms with E-state index in [-0.39, 0.29) is 5.91 Å². The first kappa shape index (κ1) is 19.0. The number of aryl methyl sites for hydroxylation is 1. The quantitative estimate of drug-likeness (QED) is 0.390. The fraction of sp³-hybridized carbons (Fsp3) is 0.136. The molecule has 1 amide bonds. The maximum absolute atomic E-state index is 12.7. The summed E-state index contributed by atoms with van der Waals surface area (Å²) in [6.07, 6.45) is 0. The minimum Gasteiger partial charge on any atom is -0.325 e. The summed E-state index contributed by atoms with van der Waals surface area (Å²) in [7, 11) is 0. The van der Waals surface area contributed by atoms with Crippen molar-refractivity contribution >= 4 is 34.1 Å². The number of aromatic nitrogens is 2. The molecule has 4 rings (SSSR count). The number of thioether (sulfide) groups is 1. The van der Waals surface area contributed by atoms with E-state index in [4.69, 9.17) is 4.52 Å². The van der Waals surface area contributed by atoms with E-state index in [1.807, 2.05) is 73.7 Å². The van der Waals surface area contributed by atoms with Gasteiger partial charge in [0.05, 0.1) is 5.25 Å². The van der Waals surface area contributed by atoms with E-state index in [9.17, 15) is 9.59 Å². The molecule has 1 heterocycles. The number of hydrogen-bond acceptors (Lipinski definition) is 4. The summed E-state index contributed by atoms with van der Waals surface area (Å²) < 4.78 is 6.51. The number of benzene rings is 3. The molecule has 2 N–H and O–H groups in total. The van der Waals surface area contributed by atoms with Crippen LogP contribution in [0.25, 0.3) is 16.5 Å². The van der Waals surface area contributed by atoms with Gasteiger partial charge in [-0.05, 0) is 58.5 Å². The highest BCUT2D eigenvalue weighted by Crippen LogP contribution is 2.22. The summed E-state index contributed by atoms with van der Waals surface area (Å²) in [5, 5.41) is 7.49. The number of amides is 1. The number of aromatic amines is 1. The fourth-order valence-electron chi connectivity index (χ4n) is 2.96. The number of hydrogen-bond donors (Lipinski definition) is 2. The summed E-state index contributed by atoms with van der Waals surface area (Å²) in [6, 6.07) is 21.4. The summed E-state index contributed by atoms with van der Waals surface area (Å²) in [4.78, 5) is 24.9. The molecule has 7 heteroatoms. The van der Waals surface area contributed by atoms with Crippen molar-refractivity contribution in [2.45, 2.75) is 24.1 Å². The normalized spacial score (nSPS) is 12.1. The molecule has 1 unspecified atom stereocenters. The largest absolute Gasteiger partial charge is 0.442 e. The summed E-state index contributed by atoms with van der Waals surface area (Å²) >= 11 is 1.15. The lowest BCUT2D eigenvalue weighted by molar-refractivity contribution is -0.704. The molecule has 6 nitrogen and oxygen atoms in total. The van der Waals surface area contributed by atoms with Gasteiger partial charge in [-0.2, -0.15) is 0 Å². The molecule has 0 bridgehead atoms. The molecule has 0 saturated heterocycles. The van der Waals surface area contributed by atoms with Gasteiger partial charge < -0.3 is 5.32 Å². The number of nitrogens with zero attached hydrogens (tertiary/aromatic N) is 1. The van der Waals surface area contributed by atoms with Crippen LogP contribution in [0.1, 0.15) is 12.5 Å². The van der Waals surface area contributed by atoms with Crippen molar-refractivity contribution in [1.82, 2.24) is 5.27 Å². The third-order valence-corrected chi connectivity index (χ3v) is 5.71. The number of nitrogens with one attached hydrogen (secondary N) is 2. The van der Waals surface area contributed by atoms with E-state index < -0.39 is 10.9 Å². The molecule has 0 aliphatic heterocycles. The summed E-state index contributed by atoms with van der Waals surface area (Å²) in [5.41, 5.74) is 2.07. The Morgan fingerprint density at radius 1 is 1.07 bits per heavy atom. The zero-order chi connectivity index (χ0) is 20.4. The monoisotopic (exact) mass is 406 g/mol. The number of H-pyrrole nitrogens is 1.